The molecular weight excluding hydrogens is 274 g/mol. The molecular formula is C14H19N3S2. The van der Waals surface area contributed by atoms with Crippen molar-refractivity contribution in [1.29, 1.82) is 0 Å². The van der Waals surface area contributed by atoms with Gasteiger partial charge in [0.1, 0.15) is 0 Å². The molecule has 1 aliphatic rings. The van der Waals surface area contributed by atoms with Gasteiger partial charge < -0.3 is 5.32 Å². The zero-order chi connectivity index (χ0) is 13.4. The third-order valence-corrected chi connectivity index (χ3v) is 5.82. The zero-order valence-electron chi connectivity index (χ0n) is 11.5. The Kier molecular flexibility index (Phi) is 3.58. The summed E-state index contributed by atoms with van der Waals surface area (Å²) >= 11 is 3.87. The van der Waals surface area contributed by atoms with E-state index in [0.717, 1.165) is 12.1 Å². The van der Waals surface area contributed by atoms with Crippen LogP contribution in [0, 0.1) is 0 Å². The maximum atomic E-state index is 4.51. The lowest BCUT2D eigenvalue weighted by Crippen LogP contribution is -2.19. The number of nitrogens with one attached hydrogen (secondary N) is 1. The Labute approximate surface area is 122 Å². The van der Waals surface area contributed by atoms with Crippen molar-refractivity contribution in [3.63, 3.8) is 0 Å². The number of nitrogens with zero attached hydrogens (tertiary/aromatic N) is 2. The summed E-state index contributed by atoms with van der Waals surface area (Å²) in [5, 5.41) is 11.1. The minimum atomic E-state index is 0.423. The predicted molar refractivity (Wildman–Crippen MR) is 83.2 cm³/mol. The first-order valence-corrected chi connectivity index (χ1v) is 8.46. The fourth-order valence-electron chi connectivity index (χ4n) is 2.59. The molecule has 5 heteroatoms. The van der Waals surface area contributed by atoms with Gasteiger partial charge in [0.15, 0.2) is 0 Å². The fraction of sp³-hybridized carbons (Fsp3) is 0.500. The molecule has 0 spiro atoms. The standard InChI is InChI=1S/C14H19N3S2/c1-4-11-13(8-17(3)16-11)15-12-7-9(2)19-14-10(12)5-6-18-14/h5-6,8-9,12,15H,4,7H2,1-3H3/t9-,12?/m0/s1. The third kappa shape index (κ3) is 2.54. The second-order valence-electron chi connectivity index (χ2n) is 5.04. The van der Waals surface area contributed by atoms with Crippen LogP contribution in [-0.4, -0.2) is 15.0 Å². The van der Waals surface area contributed by atoms with Crippen LogP contribution >= 0.6 is 23.1 Å². The smallest absolute Gasteiger partial charge is 0.0853 e. The molecule has 2 atom stereocenters. The fourth-order valence-corrected chi connectivity index (χ4v) is 5.16. The number of thioether (sulfide) groups is 1. The molecule has 2 aromatic heterocycles. The molecule has 0 aromatic carbocycles. The van der Waals surface area contributed by atoms with Gasteiger partial charge in [-0.3, -0.25) is 4.68 Å². The number of hydrogen-bond acceptors (Lipinski definition) is 4. The highest BCUT2D eigenvalue weighted by atomic mass is 32.2. The minimum Gasteiger partial charge on any atom is -0.375 e. The van der Waals surface area contributed by atoms with Gasteiger partial charge >= 0.3 is 0 Å². The van der Waals surface area contributed by atoms with Crippen LogP contribution in [0.1, 0.15) is 37.6 Å². The summed E-state index contributed by atoms with van der Waals surface area (Å²) in [6.45, 7) is 4.47. The summed E-state index contributed by atoms with van der Waals surface area (Å²) in [6, 6.07) is 2.69. The Morgan fingerprint density at radius 1 is 1.53 bits per heavy atom. The van der Waals surface area contributed by atoms with E-state index in [1.807, 2.05) is 34.8 Å². The lowest BCUT2D eigenvalue weighted by atomic mass is 10.0. The van der Waals surface area contributed by atoms with Gasteiger partial charge in [0.2, 0.25) is 0 Å². The van der Waals surface area contributed by atoms with Crippen molar-refractivity contribution in [2.75, 3.05) is 5.32 Å². The number of aryl methyl sites for hydroxylation is 2. The highest BCUT2D eigenvalue weighted by molar-refractivity contribution is 8.01. The van der Waals surface area contributed by atoms with Crippen LogP contribution < -0.4 is 5.32 Å². The third-order valence-electron chi connectivity index (χ3n) is 3.48. The van der Waals surface area contributed by atoms with Crippen LogP contribution in [0.5, 0.6) is 0 Å². The van der Waals surface area contributed by atoms with E-state index >= 15 is 0 Å². The molecule has 2 aromatic rings. The summed E-state index contributed by atoms with van der Waals surface area (Å²) in [4.78, 5) is 0. The SMILES string of the molecule is CCc1nn(C)cc1NC1C[C@H](C)Sc2sccc21. The molecule has 1 aliphatic heterocycles. The average molecular weight is 293 g/mol. The zero-order valence-corrected chi connectivity index (χ0v) is 13.1. The summed E-state index contributed by atoms with van der Waals surface area (Å²) in [5.74, 6) is 0. The van der Waals surface area contributed by atoms with Crippen molar-refractivity contribution in [2.24, 2.45) is 7.05 Å². The molecule has 0 radical (unpaired) electrons. The molecule has 1 N–H and O–H groups in total. The van der Waals surface area contributed by atoms with E-state index in [4.69, 9.17) is 0 Å². The van der Waals surface area contributed by atoms with Gasteiger partial charge in [0, 0.05) is 18.5 Å². The number of rotatable bonds is 3. The van der Waals surface area contributed by atoms with E-state index in [-0.39, 0.29) is 0 Å². The predicted octanol–water partition coefficient (Wildman–Crippen LogP) is 4.08. The lowest BCUT2D eigenvalue weighted by molar-refractivity contribution is 0.669. The maximum Gasteiger partial charge on any atom is 0.0853 e. The molecule has 0 saturated carbocycles. The lowest BCUT2D eigenvalue weighted by Gasteiger charge is -2.28. The highest BCUT2D eigenvalue weighted by Gasteiger charge is 2.26. The van der Waals surface area contributed by atoms with Crippen molar-refractivity contribution < 1.29 is 0 Å². The first-order valence-electron chi connectivity index (χ1n) is 6.70. The van der Waals surface area contributed by atoms with Crippen LogP contribution in [0.15, 0.2) is 21.9 Å². The minimum absolute atomic E-state index is 0.423. The molecule has 0 saturated heterocycles. The van der Waals surface area contributed by atoms with Crippen LogP contribution in [0.4, 0.5) is 5.69 Å². The van der Waals surface area contributed by atoms with Crippen LogP contribution in [0.3, 0.4) is 0 Å². The molecule has 0 aliphatic carbocycles. The van der Waals surface area contributed by atoms with Crippen molar-refractivity contribution in [3.8, 4) is 0 Å². The van der Waals surface area contributed by atoms with E-state index in [2.05, 4.69) is 41.9 Å². The van der Waals surface area contributed by atoms with Gasteiger partial charge in [-0.25, -0.2) is 0 Å². The molecule has 3 heterocycles. The topological polar surface area (TPSA) is 29.9 Å². The monoisotopic (exact) mass is 293 g/mol. The molecule has 0 fully saturated rings. The van der Waals surface area contributed by atoms with E-state index in [1.54, 1.807) is 0 Å². The number of hydrogen-bond donors (Lipinski definition) is 1. The van der Waals surface area contributed by atoms with E-state index in [9.17, 15) is 0 Å². The van der Waals surface area contributed by atoms with Crippen LogP contribution in [0.25, 0.3) is 0 Å². The van der Waals surface area contributed by atoms with Gasteiger partial charge in [-0.15, -0.1) is 23.1 Å². The summed E-state index contributed by atoms with van der Waals surface area (Å²) in [7, 11) is 1.99. The Morgan fingerprint density at radius 3 is 3.16 bits per heavy atom. The Hall–Kier alpha value is -0.940. The van der Waals surface area contributed by atoms with Crippen LogP contribution in [0.2, 0.25) is 0 Å². The quantitative estimate of drug-likeness (QED) is 0.924. The molecule has 3 nitrogen and oxygen atoms in total. The second-order valence-corrected chi connectivity index (χ2v) is 7.66. The van der Waals surface area contributed by atoms with Crippen molar-refractivity contribution >= 4 is 28.8 Å². The summed E-state index contributed by atoms with van der Waals surface area (Å²) in [5.41, 5.74) is 3.80. The second kappa shape index (κ2) is 5.21. The molecule has 102 valence electrons. The van der Waals surface area contributed by atoms with Gasteiger partial charge in [0.05, 0.1) is 21.6 Å². The van der Waals surface area contributed by atoms with Crippen molar-refractivity contribution in [1.82, 2.24) is 9.78 Å². The molecule has 3 rings (SSSR count). The van der Waals surface area contributed by atoms with Crippen molar-refractivity contribution in [2.45, 2.75) is 42.2 Å². The van der Waals surface area contributed by atoms with E-state index in [0.29, 0.717) is 11.3 Å². The normalized spacial score (nSPS) is 22.3. The Bertz CT molecular complexity index is 573. The molecule has 0 amide bonds. The molecule has 0 bridgehead atoms. The Balaban J connectivity index is 1.87. The van der Waals surface area contributed by atoms with E-state index < -0.39 is 0 Å². The summed E-state index contributed by atoms with van der Waals surface area (Å²) in [6.07, 6.45) is 4.24. The van der Waals surface area contributed by atoms with Crippen LogP contribution in [-0.2, 0) is 13.5 Å². The highest BCUT2D eigenvalue weighted by Crippen LogP contribution is 2.45. The van der Waals surface area contributed by atoms with Gasteiger partial charge in [-0.05, 0) is 29.9 Å². The first kappa shape index (κ1) is 13.1. The summed E-state index contributed by atoms with van der Waals surface area (Å²) < 4.78 is 3.37. The average Bonchev–Trinajstić information content (AvgIpc) is 2.95. The Morgan fingerprint density at radius 2 is 2.37 bits per heavy atom. The number of thiophene rings is 1. The number of aromatic nitrogens is 2. The number of fused-ring (bicyclic) bond motifs is 1. The van der Waals surface area contributed by atoms with Gasteiger partial charge in [-0.2, -0.15) is 5.10 Å². The molecule has 19 heavy (non-hydrogen) atoms. The van der Waals surface area contributed by atoms with Gasteiger partial charge in [0.25, 0.3) is 0 Å². The largest absolute Gasteiger partial charge is 0.375 e. The molecule has 1 unspecified atom stereocenters. The maximum absolute atomic E-state index is 4.51. The van der Waals surface area contributed by atoms with Crippen molar-refractivity contribution in [3.05, 3.63) is 28.9 Å². The van der Waals surface area contributed by atoms with Gasteiger partial charge in [-0.1, -0.05) is 13.8 Å². The van der Waals surface area contributed by atoms with E-state index in [1.165, 1.54) is 21.9 Å². The number of anilines is 1. The first-order chi connectivity index (χ1) is 9.17.